The van der Waals surface area contributed by atoms with Gasteiger partial charge in [0.05, 0.1) is 22.9 Å². The van der Waals surface area contributed by atoms with E-state index in [1.54, 1.807) is 13.1 Å². The Hall–Kier alpha value is -3.26. The van der Waals surface area contributed by atoms with Crippen LogP contribution >= 0.6 is 0 Å². The number of carbonyl (C=O) groups excluding carboxylic acids is 1. The molecule has 4 heterocycles. The summed E-state index contributed by atoms with van der Waals surface area (Å²) in [6.45, 7) is 4.66. The predicted octanol–water partition coefficient (Wildman–Crippen LogP) is 2.09. The average molecular weight is 433 g/mol. The van der Waals surface area contributed by atoms with Gasteiger partial charge in [-0.15, -0.1) is 0 Å². The number of hydrogen-bond donors (Lipinski definition) is 2. The van der Waals surface area contributed by atoms with Crippen LogP contribution in [0.1, 0.15) is 41.4 Å². The van der Waals surface area contributed by atoms with Gasteiger partial charge < -0.3 is 15.2 Å². The Morgan fingerprint density at radius 3 is 2.69 bits per heavy atom. The van der Waals surface area contributed by atoms with E-state index in [0.29, 0.717) is 24.2 Å². The molecule has 166 valence electrons. The van der Waals surface area contributed by atoms with Crippen molar-refractivity contribution in [2.24, 2.45) is 0 Å². The molecule has 2 unspecified atom stereocenters. The number of hydrogen-bond acceptors (Lipinski definition) is 6. The molecule has 8 nitrogen and oxygen atoms in total. The number of fused-ring (bicyclic) bond motifs is 2. The van der Waals surface area contributed by atoms with Crippen LogP contribution < -0.4 is 15.8 Å². The van der Waals surface area contributed by atoms with Crippen molar-refractivity contribution >= 4 is 22.6 Å². The molecule has 1 amide bonds. The van der Waals surface area contributed by atoms with Crippen molar-refractivity contribution < 1.29 is 4.79 Å². The van der Waals surface area contributed by atoms with Gasteiger partial charge in [0.1, 0.15) is 5.69 Å². The number of anilines is 1. The van der Waals surface area contributed by atoms with Gasteiger partial charge in [-0.2, -0.15) is 0 Å². The van der Waals surface area contributed by atoms with Crippen LogP contribution in [0.15, 0.2) is 41.5 Å². The molecule has 0 radical (unpaired) electrons. The van der Waals surface area contributed by atoms with Crippen molar-refractivity contribution in [3.8, 4) is 0 Å². The fourth-order valence-electron chi connectivity index (χ4n) is 4.91. The van der Waals surface area contributed by atoms with Crippen molar-refractivity contribution in [2.45, 2.75) is 44.8 Å². The number of nitrogens with one attached hydrogen (secondary N) is 2. The molecule has 3 aromatic heterocycles. The molecule has 0 aromatic carbocycles. The van der Waals surface area contributed by atoms with Gasteiger partial charge in [0.25, 0.3) is 11.5 Å². The van der Waals surface area contributed by atoms with Crippen LogP contribution in [0.2, 0.25) is 0 Å². The highest BCUT2D eigenvalue weighted by Gasteiger charge is 2.42. The molecular formula is C24H28N6O2. The smallest absolute Gasteiger partial charge is 0.269 e. The maximum Gasteiger partial charge on any atom is 0.269 e. The Morgan fingerprint density at radius 1 is 1.16 bits per heavy atom. The fourth-order valence-corrected chi connectivity index (χ4v) is 4.91. The van der Waals surface area contributed by atoms with Gasteiger partial charge in [-0.05, 0) is 49.1 Å². The Morgan fingerprint density at radius 2 is 2.00 bits per heavy atom. The molecule has 2 N–H and O–H groups in total. The molecule has 1 saturated carbocycles. The van der Waals surface area contributed by atoms with E-state index in [-0.39, 0.29) is 11.5 Å². The number of carbonyl (C=O) groups is 1. The molecule has 1 aliphatic carbocycles. The summed E-state index contributed by atoms with van der Waals surface area (Å²) in [5.74, 6) is -0.167. The van der Waals surface area contributed by atoms with Crippen LogP contribution in [0.5, 0.6) is 0 Å². The summed E-state index contributed by atoms with van der Waals surface area (Å²) >= 11 is 0. The molecule has 2 aliphatic rings. The Bertz CT molecular complexity index is 1210. The lowest BCUT2D eigenvalue weighted by atomic mass is 9.81. The summed E-state index contributed by atoms with van der Waals surface area (Å²) in [5.41, 5.74) is 5.01. The van der Waals surface area contributed by atoms with Crippen LogP contribution in [-0.4, -0.2) is 58.0 Å². The van der Waals surface area contributed by atoms with E-state index in [2.05, 4.69) is 36.1 Å². The highest BCUT2D eigenvalue weighted by molar-refractivity contribution is 5.92. The first-order valence-electron chi connectivity index (χ1n) is 11.3. The van der Waals surface area contributed by atoms with Crippen molar-refractivity contribution in [3.05, 3.63) is 63.8 Å². The fraction of sp³-hybridized carbons (Fsp3) is 0.417. The molecule has 3 aromatic rings. The Kier molecular flexibility index (Phi) is 5.38. The zero-order valence-corrected chi connectivity index (χ0v) is 18.5. The molecular weight excluding hydrogens is 404 g/mol. The monoisotopic (exact) mass is 432 g/mol. The third-order valence-electron chi connectivity index (χ3n) is 6.83. The number of H-pyrrole nitrogens is 1. The molecule has 0 spiro atoms. The van der Waals surface area contributed by atoms with Gasteiger partial charge in [0, 0.05) is 50.5 Å². The van der Waals surface area contributed by atoms with Crippen LogP contribution in [0, 0.1) is 0 Å². The first kappa shape index (κ1) is 20.6. The summed E-state index contributed by atoms with van der Waals surface area (Å²) < 4.78 is 0. The number of piperazine rings is 1. The minimum absolute atomic E-state index is 0.0253. The van der Waals surface area contributed by atoms with Crippen LogP contribution in [0.3, 0.4) is 0 Å². The van der Waals surface area contributed by atoms with E-state index < -0.39 is 0 Å². The molecule has 32 heavy (non-hydrogen) atoms. The van der Waals surface area contributed by atoms with Gasteiger partial charge in [-0.1, -0.05) is 6.92 Å². The number of aromatic nitrogens is 3. The molecule has 5 rings (SSSR count). The van der Waals surface area contributed by atoms with Gasteiger partial charge >= 0.3 is 0 Å². The third kappa shape index (κ3) is 3.64. The number of aromatic amines is 1. The summed E-state index contributed by atoms with van der Waals surface area (Å²) in [7, 11) is 1.61. The number of pyridine rings is 3. The third-order valence-corrected chi connectivity index (χ3v) is 6.83. The maximum absolute atomic E-state index is 12.2. The van der Waals surface area contributed by atoms with Gasteiger partial charge in [0.15, 0.2) is 0 Å². The van der Waals surface area contributed by atoms with Crippen molar-refractivity contribution in [1.29, 1.82) is 0 Å². The first-order valence-corrected chi connectivity index (χ1v) is 11.3. The molecule has 0 bridgehead atoms. The number of aryl methyl sites for hydroxylation is 1. The summed E-state index contributed by atoms with van der Waals surface area (Å²) in [5, 5.41) is 2.61. The zero-order valence-electron chi connectivity index (χ0n) is 18.5. The SMILES string of the molecule is CCc1cc2ncc(CN3CCN(c4ccc(C(=O)NC)nc4)C4CCC43)cc2[nH]c1=O. The molecule has 2 atom stereocenters. The van der Waals surface area contributed by atoms with E-state index >= 15 is 0 Å². The minimum atomic E-state index is -0.167. The molecule has 8 heteroatoms. The van der Waals surface area contributed by atoms with Gasteiger partial charge in [-0.25, -0.2) is 4.98 Å². The highest BCUT2D eigenvalue weighted by atomic mass is 16.1. The second kappa shape index (κ2) is 8.35. The summed E-state index contributed by atoms with van der Waals surface area (Å²) in [4.78, 5) is 40.8. The lowest BCUT2D eigenvalue weighted by Crippen LogP contribution is -2.64. The first-order chi connectivity index (χ1) is 15.6. The Balaban J connectivity index is 1.30. The maximum atomic E-state index is 12.2. The topological polar surface area (TPSA) is 94.2 Å². The van der Waals surface area contributed by atoms with E-state index in [4.69, 9.17) is 0 Å². The lowest BCUT2D eigenvalue weighted by Gasteiger charge is -2.54. The summed E-state index contributed by atoms with van der Waals surface area (Å²) in [6.07, 6.45) is 6.77. The van der Waals surface area contributed by atoms with Gasteiger partial charge in [0.2, 0.25) is 0 Å². The Labute approximate surface area is 186 Å². The van der Waals surface area contributed by atoms with E-state index in [0.717, 1.165) is 53.9 Å². The number of amides is 1. The van der Waals surface area contributed by atoms with Crippen molar-refractivity contribution in [1.82, 2.24) is 25.2 Å². The van der Waals surface area contributed by atoms with Crippen LogP contribution in [0.25, 0.3) is 11.0 Å². The molecule has 1 saturated heterocycles. The largest absolute Gasteiger partial charge is 0.364 e. The predicted molar refractivity (Wildman–Crippen MR) is 124 cm³/mol. The summed E-state index contributed by atoms with van der Waals surface area (Å²) in [6, 6.07) is 8.68. The van der Waals surface area contributed by atoms with E-state index in [1.165, 1.54) is 6.42 Å². The van der Waals surface area contributed by atoms with Crippen molar-refractivity contribution in [2.75, 3.05) is 25.0 Å². The average Bonchev–Trinajstić information content (AvgIpc) is 2.79. The second-order valence-corrected chi connectivity index (χ2v) is 8.61. The lowest BCUT2D eigenvalue weighted by molar-refractivity contribution is 0.0658. The standard InChI is InChI=1S/C24H28N6O2/c1-3-16-11-19-20(28-23(16)31)10-15(12-26-19)14-29-8-9-30(22-7-6-21(22)29)17-4-5-18(27-13-17)24(32)25-2/h4-5,10-13,21-22H,3,6-9,14H2,1-2H3,(H,25,32)(H,28,31). The minimum Gasteiger partial charge on any atom is -0.364 e. The van der Waals surface area contributed by atoms with Gasteiger partial charge in [-0.3, -0.25) is 19.5 Å². The normalized spacial score (nSPS) is 20.6. The number of rotatable bonds is 5. The molecule has 2 fully saturated rings. The van der Waals surface area contributed by atoms with Crippen LogP contribution in [-0.2, 0) is 13.0 Å². The second-order valence-electron chi connectivity index (χ2n) is 8.61. The zero-order chi connectivity index (χ0) is 22.2. The molecule has 1 aliphatic heterocycles. The quantitative estimate of drug-likeness (QED) is 0.641. The van der Waals surface area contributed by atoms with E-state index in [1.807, 2.05) is 31.5 Å². The van der Waals surface area contributed by atoms with E-state index in [9.17, 15) is 9.59 Å². The van der Waals surface area contributed by atoms with Crippen LogP contribution in [0.4, 0.5) is 5.69 Å². The number of nitrogens with zero attached hydrogens (tertiary/aromatic N) is 4. The highest BCUT2D eigenvalue weighted by Crippen LogP contribution is 2.37. The van der Waals surface area contributed by atoms with Crippen molar-refractivity contribution in [3.63, 3.8) is 0 Å².